The van der Waals surface area contributed by atoms with E-state index in [1.807, 2.05) is 0 Å². The summed E-state index contributed by atoms with van der Waals surface area (Å²) in [6, 6.07) is 4.32. The number of hydrogen-bond acceptors (Lipinski definition) is 4. The molecule has 0 aromatic heterocycles. The van der Waals surface area contributed by atoms with Gasteiger partial charge in [-0.1, -0.05) is 6.42 Å². The summed E-state index contributed by atoms with van der Waals surface area (Å²) in [7, 11) is 0. The maximum atomic E-state index is 10.9. The molecule has 1 N–H and O–H groups in total. The number of nitrogens with zero attached hydrogens (tertiary/aromatic N) is 1. The molecule has 106 valence electrons. The van der Waals surface area contributed by atoms with E-state index in [2.05, 4.69) is 0 Å². The molecule has 0 bridgehead atoms. The fourth-order valence-corrected chi connectivity index (χ4v) is 1.94. The van der Waals surface area contributed by atoms with Crippen molar-refractivity contribution in [2.24, 2.45) is 5.92 Å². The van der Waals surface area contributed by atoms with Crippen molar-refractivity contribution in [3.63, 3.8) is 0 Å². The molecule has 6 nitrogen and oxygen atoms in total. The van der Waals surface area contributed by atoms with E-state index in [4.69, 9.17) is 9.84 Å². The third-order valence-electron chi connectivity index (χ3n) is 3.30. The number of carbonyl (C=O) groups is 1. The predicted octanol–water partition coefficient (Wildman–Crippen LogP) is 2.87. The number of nitro groups is 1. The molecule has 6 heteroatoms. The van der Waals surface area contributed by atoms with Gasteiger partial charge in [0.2, 0.25) is 0 Å². The molecular formula is C14H15NO5. The van der Waals surface area contributed by atoms with Crippen LogP contribution in [0.3, 0.4) is 0 Å². The number of nitro benzene ring substituents is 1. The van der Waals surface area contributed by atoms with Crippen molar-refractivity contribution in [1.29, 1.82) is 0 Å². The summed E-state index contributed by atoms with van der Waals surface area (Å²) in [5.41, 5.74) is 0.457. The SMILES string of the molecule is O=C(O)C=Cc1ccc([N+](=O)[O-])c(OCC2CCC2)c1. The normalized spacial score (nSPS) is 15.0. The topological polar surface area (TPSA) is 89.7 Å². The summed E-state index contributed by atoms with van der Waals surface area (Å²) in [5, 5.41) is 19.5. The summed E-state index contributed by atoms with van der Waals surface area (Å²) in [6.07, 6.45) is 5.72. The van der Waals surface area contributed by atoms with Gasteiger partial charge in [-0.2, -0.15) is 0 Å². The first kappa shape index (κ1) is 14.0. The van der Waals surface area contributed by atoms with Crippen LogP contribution in [0.4, 0.5) is 5.69 Å². The molecule has 1 aromatic carbocycles. The number of ether oxygens (including phenoxy) is 1. The maximum absolute atomic E-state index is 10.9. The van der Waals surface area contributed by atoms with E-state index in [1.54, 1.807) is 0 Å². The minimum atomic E-state index is -1.07. The van der Waals surface area contributed by atoms with Crippen molar-refractivity contribution in [3.8, 4) is 5.75 Å². The van der Waals surface area contributed by atoms with Crippen molar-refractivity contribution >= 4 is 17.7 Å². The fraction of sp³-hybridized carbons (Fsp3) is 0.357. The molecule has 2 rings (SSSR count). The second-order valence-corrected chi connectivity index (χ2v) is 4.76. The lowest BCUT2D eigenvalue weighted by Gasteiger charge is -2.25. The highest BCUT2D eigenvalue weighted by Gasteiger charge is 2.21. The van der Waals surface area contributed by atoms with Gasteiger partial charge in [-0.05, 0) is 42.5 Å². The zero-order valence-corrected chi connectivity index (χ0v) is 10.8. The number of rotatable bonds is 6. The number of carboxylic acid groups (broad SMARTS) is 1. The first-order valence-corrected chi connectivity index (χ1v) is 6.38. The Morgan fingerprint density at radius 2 is 2.25 bits per heavy atom. The molecule has 1 aliphatic carbocycles. The van der Waals surface area contributed by atoms with Crippen LogP contribution in [0, 0.1) is 16.0 Å². The molecule has 1 fully saturated rings. The van der Waals surface area contributed by atoms with Crippen LogP contribution in [0.2, 0.25) is 0 Å². The number of carboxylic acids is 1. The molecule has 0 unspecified atom stereocenters. The lowest BCUT2D eigenvalue weighted by Crippen LogP contribution is -2.19. The Hall–Kier alpha value is -2.37. The average Bonchev–Trinajstić information content (AvgIpc) is 2.34. The van der Waals surface area contributed by atoms with Crippen molar-refractivity contribution in [3.05, 3.63) is 40.0 Å². The van der Waals surface area contributed by atoms with Gasteiger partial charge in [0.1, 0.15) is 0 Å². The Morgan fingerprint density at radius 3 is 2.80 bits per heavy atom. The van der Waals surface area contributed by atoms with Crippen LogP contribution in [-0.4, -0.2) is 22.6 Å². The smallest absolute Gasteiger partial charge is 0.328 e. The molecular weight excluding hydrogens is 262 g/mol. The van der Waals surface area contributed by atoms with Crippen molar-refractivity contribution in [2.75, 3.05) is 6.61 Å². The average molecular weight is 277 g/mol. The first-order chi connectivity index (χ1) is 9.56. The molecule has 0 spiro atoms. The molecule has 0 radical (unpaired) electrons. The van der Waals surface area contributed by atoms with E-state index in [9.17, 15) is 14.9 Å². The van der Waals surface area contributed by atoms with E-state index in [1.165, 1.54) is 30.7 Å². The monoisotopic (exact) mass is 277 g/mol. The Kier molecular flexibility index (Phi) is 4.34. The van der Waals surface area contributed by atoms with Crippen LogP contribution >= 0.6 is 0 Å². The highest BCUT2D eigenvalue weighted by molar-refractivity contribution is 5.85. The fourth-order valence-electron chi connectivity index (χ4n) is 1.94. The highest BCUT2D eigenvalue weighted by atomic mass is 16.6. The summed E-state index contributed by atoms with van der Waals surface area (Å²) >= 11 is 0. The molecule has 1 aromatic rings. The molecule has 20 heavy (non-hydrogen) atoms. The molecule has 0 aliphatic heterocycles. The molecule has 0 saturated heterocycles. The summed E-state index contributed by atoms with van der Waals surface area (Å²) in [6.45, 7) is 0.465. The molecule has 0 heterocycles. The standard InChI is InChI=1S/C14H15NO5/c16-14(17)7-5-10-4-6-12(15(18)19)13(8-10)20-9-11-2-1-3-11/h4-8,11H,1-3,9H2,(H,16,17). The van der Waals surface area contributed by atoms with Gasteiger partial charge in [-0.3, -0.25) is 10.1 Å². The van der Waals surface area contributed by atoms with E-state index in [-0.39, 0.29) is 11.4 Å². The van der Waals surface area contributed by atoms with Crippen LogP contribution in [-0.2, 0) is 4.79 Å². The van der Waals surface area contributed by atoms with Crippen LogP contribution in [0.25, 0.3) is 6.08 Å². The Labute approximate surface area is 115 Å². The van der Waals surface area contributed by atoms with Gasteiger partial charge < -0.3 is 9.84 Å². The zero-order chi connectivity index (χ0) is 14.5. The maximum Gasteiger partial charge on any atom is 0.328 e. The Balaban J connectivity index is 2.16. The van der Waals surface area contributed by atoms with Gasteiger partial charge >= 0.3 is 11.7 Å². The van der Waals surface area contributed by atoms with Gasteiger partial charge in [0.25, 0.3) is 0 Å². The van der Waals surface area contributed by atoms with Crippen molar-refractivity contribution in [1.82, 2.24) is 0 Å². The van der Waals surface area contributed by atoms with Gasteiger partial charge in [0.15, 0.2) is 5.75 Å². The molecule has 0 atom stereocenters. The largest absolute Gasteiger partial charge is 0.487 e. The van der Waals surface area contributed by atoms with Crippen molar-refractivity contribution in [2.45, 2.75) is 19.3 Å². The lowest BCUT2D eigenvalue weighted by atomic mass is 9.86. The Morgan fingerprint density at radius 1 is 1.50 bits per heavy atom. The quantitative estimate of drug-likeness (QED) is 0.490. The second kappa shape index (κ2) is 6.18. The van der Waals surface area contributed by atoms with Crippen LogP contribution in [0.1, 0.15) is 24.8 Å². The molecule has 1 saturated carbocycles. The predicted molar refractivity (Wildman–Crippen MR) is 72.6 cm³/mol. The number of benzene rings is 1. The van der Waals surface area contributed by atoms with E-state index in [0.717, 1.165) is 18.9 Å². The second-order valence-electron chi connectivity index (χ2n) is 4.76. The number of aliphatic carboxylic acids is 1. The summed E-state index contributed by atoms with van der Waals surface area (Å²) in [5.74, 6) is -0.414. The molecule has 0 amide bonds. The first-order valence-electron chi connectivity index (χ1n) is 6.38. The van der Waals surface area contributed by atoms with Gasteiger partial charge in [-0.15, -0.1) is 0 Å². The Bertz CT molecular complexity index is 548. The summed E-state index contributed by atoms with van der Waals surface area (Å²) in [4.78, 5) is 20.9. The van der Waals surface area contributed by atoms with E-state index in [0.29, 0.717) is 18.1 Å². The minimum Gasteiger partial charge on any atom is -0.487 e. The van der Waals surface area contributed by atoms with E-state index < -0.39 is 10.9 Å². The third kappa shape index (κ3) is 3.57. The lowest BCUT2D eigenvalue weighted by molar-refractivity contribution is -0.385. The van der Waals surface area contributed by atoms with Crippen LogP contribution in [0.15, 0.2) is 24.3 Å². The van der Waals surface area contributed by atoms with Crippen molar-refractivity contribution < 1.29 is 19.6 Å². The highest BCUT2D eigenvalue weighted by Crippen LogP contribution is 2.32. The summed E-state index contributed by atoms with van der Waals surface area (Å²) < 4.78 is 5.53. The third-order valence-corrected chi connectivity index (χ3v) is 3.30. The van der Waals surface area contributed by atoms with Gasteiger partial charge in [0.05, 0.1) is 11.5 Å². The van der Waals surface area contributed by atoms with E-state index >= 15 is 0 Å². The van der Waals surface area contributed by atoms with Crippen LogP contribution in [0.5, 0.6) is 5.75 Å². The van der Waals surface area contributed by atoms with Gasteiger partial charge in [0, 0.05) is 12.1 Å². The number of hydrogen-bond donors (Lipinski definition) is 1. The van der Waals surface area contributed by atoms with Gasteiger partial charge in [-0.25, -0.2) is 4.79 Å². The minimum absolute atomic E-state index is 0.100. The molecule has 1 aliphatic rings. The zero-order valence-electron chi connectivity index (χ0n) is 10.8. The van der Waals surface area contributed by atoms with Crippen LogP contribution < -0.4 is 4.74 Å².